The lowest BCUT2D eigenvalue weighted by Gasteiger charge is -2.20. The Morgan fingerprint density at radius 2 is 1.81 bits per heavy atom. The topological polar surface area (TPSA) is 105 Å². The number of nitro benzene ring substituents is 1. The van der Waals surface area contributed by atoms with Crippen LogP contribution in [-0.4, -0.2) is 29.8 Å². The molecule has 2 N–H and O–H groups in total. The number of carbonyl (C=O) groups excluding carboxylic acids is 2. The summed E-state index contributed by atoms with van der Waals surface area (Å²) in [5, 5.41) is 16.7. The Morgan fingerprint density at radius 1 is 1.11 bits per heavy atom. The average molecular weight is 368 g/mol. The van der Waals surface area contributed by atoms with Crippen molar-refractivity contribution in [3.8, 4) is 0 Å². The number of para-hydroxylation sites is 4. The van der Waals surface area contributed by atoms with Crippen LogP contribution in [0.1, 0.15) is 19.3 Å². The van der Waals surface area contributed by atoms with E-state index in [9.17, 15) is 19.7 Å². The second-order valence-corrected chi connectivity index (χ2v) is 6.17. The van der Waals surface area contributed by atoms with Gasteiger partial charge in [-0.25, -0.2) is 0 Å². The van der Waals surface area contributed by atoms with Crippen molar-refractivity contribution in [3.63, 3.8) is 0 Å². The lowest BCUT2D eigenvalue weighted by molar-refractivity contribution is -0.384. The van der Waals surface area contributed by atoms with Crippen molar-refractivity contribution in [2.24, 2.45) is 0 Å². The zero-order valence-corrected chi connectivity index (χ0v) is 14.7. The average Bonchev–Trinajstić information content (AvgIpc) is 3.08. The van der Waals surface area contributed by atoms with Gasteiger partial charge in [0, 0.05) is 32.0 Å². The second kappa shape index (κ2) is 8.31. The summed E-state index contributed by atoms with van der Waals surface area (Å²) < 4.78 is 0. The Labute approximate surface area is 156 Å². The Balaban J connectivity index is 1.59. The number of nitro groups is 1. The van der Waals surface area contributed by atoms with Gasteiger partial charge in [-0.3, -0.25) is 19.7 Å². The van der Waals surface area contributed by atoms with Gasteiger partial charge in [-0.15, -0.1) is 0 Å². The molecule has 1 aliphatic rings. The number of rotatable bonds is 7. The molecule has 0 aromatic heterocycles. The molecule has 2 amide bonds. The van der Waals surface area contributed by atoms with Crippen molar-refractivity contribution in [2.45, 2.75) is 19.3 Å². The minimum absolute atomic E-state index is 0.0317. The van der Waals surface area contributed by atoms with Crippen LogP contribution in [0.3, 0.4) is 0 Å². The normalized spacial score (nSPS) is 13.5. The van der Waals surface area contributed by atoms with Crippen molar-refractivity contribution in [2.75, 3.05) is 28.6 Å². The Kier molecular flexibility index (Phi) is 5.65. The summed E-state index contributed by atoms with van der Waals surface area (Å²) in [6.07, 6.45) is 1.46. The smallest absolute Gasteiger partial charge is 0.292 e. The monoisotopic (exact) mass is 368 g/mol. The fourth-order valence-corrected chi connectivity index (χ4v) is 3.02. The fraction of sp³-hybridized carbons (Fsp3) is 0.263. The van der Waals surface area contributed by atoms with Crippen LogP contribution >= 0.6 is 0 Å². The molecule has 0 unspecified atom stereocenters. The van der Waals surface area contributed by atoms with Crippen LogP contribution in [0.25, 0.3) is 0 Å². The highest BCUT2D eigenvalue weighted by molar-refractivity contribution is 6.02. The third-order valence-electron chi connectivity index (χ3n) is 4.31. The maximum absolute atomic E-state index is 12.3. The van der Waals surface area contributed by atoms with E-state index in [1.165, 1.54) is 6.07 Å². The molecule has 8 heteroatoms. The first-order valence-corrected chi connectivity index (χ1v) is 8.73. The predicted octanol–water partition coefficient (Wildman–Crippen LogP) is 3.16. The molecule has 27 heavy (non-hydrogen) atoms. The molecule has 0 aliphatic carbocycles. The molecule has 1 aliphatic heterocycles. The van der Waals surface area contributed by atoms with Crippen LogP contribution < -0.4 is 15.5 Å². The third kappa shape index (κ3) is 4.41. The van der Waals surface area contributed by atoms with Gasteiger partial charge in [-0.05, 0) is 24.6 Å². The molecule has 2 aromatic carbocycles. The molecule has 1 saturated heterocycles. The van der Waals surface area contributed by atoms with Crippen LogP contribution in [0.5, 0.6) is 0 Å². The maximum atomic E-state index is 12.3. The van der Waals surface area contributed by atoms with E-state index in [2.05, 4.69) is 10.6 Å². The van der Waals surface area contributed by atoms with Crippen molar-refractivity contribution in [3.05, 3.63) is 58.6 Å². The van der Waals surface area contributed by atoms with Gasteiger partial charge in [0.25, 0.3) is 5.69 Å². The molecule has 0 atom stereocenters. The SMILES string of the molecule is O=C(CCNc1ccccc1[N+](=O)[O-])Nc1ccccc1N1CCCC1=O. The fourth-order valence-electron chi connectivity index (χ4n) is 3.02. The molecular weight excluding hydrogens is 348 g/mol. The summed E-state index contributed by atoms with van der Waals surface area (Å²) in [6, 6.07) is 13.5. The first kappa shape index (κ1) is 18.4. The van der Waals surface area contributed by atoms with E-state index in [0.717, 1.165) is 6.42 Å². The van der Waals surface area contributed by atoms with E-state index in [1.807, 2.05) is 12.1 Å². The van der Waals surface area contributed by atoms with Gasteiger partial charge in [0.05, 0.1) is 16.3 Å². The van der Waals surface area contributed by atoms with Gasteiger partial charge in [0.15, 0.2) is 0 Å². The Morgan fingerprint density at radius 3 is 2.52 bits per heavy atom. The minimum Gasteiger partial charge on any atom is -0.379 e. The van der Waals surface area contributed by atoms with E-state index in [1.54, 1.807) is 35.2 Å². The molecule has 0 saturated carbocycles. The first-order chi connectivity index (χ1) is 13.1. The minimum atomic E-state index is -0.467. The summed E-state index contributed by atoms with van der Waals surface area (Å²) in [6.45, 7) is 0.895. The number of benzene rings is 2. The van der Waals surface area contributed by atoms with Gasteiger partial charge >= 0.3 is 0 Å². The van der Waals surface area contributed by atoms with Crippen LogP contribution in [0, 0.1) is 10.1 Å². The third-order valence-corrected chi connectivity index (χ3v) is 4.31. The van der Waals surface area contributed by atoms with Gasteiger partial charge < -0.3 is 15.5 Å². The summed E-state index contributed by atoms with van der Waals surface area (Å²) >= 11 is 0. The van der Waals surface area contributed by atoms with Crippen molar-refractivity contribution in [1.29, 1.82) is 0 Å². The predicted molar refractivity (Wildman–Crippen MR) is 103 cm³/mol. The van der Waals surface area contributed by atoms with E-state index in [-0.39, 0.29) is 30.5 Å². The van der Waals surface area contributed by atoms with Crippen molar-refractivity contribution >= 4 is 34.6 Å². The zero-order valence-electron chi connectivity index (χ0n) is 14.7. The molecule has 0 spiro atoms. The van der Waals surface area contributed by atoms with E-state index >= 15 is 0 Å². The summed E-state index contributed by atoms with van der Waals surface area (Å²) in [5.74, 6) is -0.185. The number of nitrogens with one attached hydrogen (secondary N) is 2. The highest BCUT2D eigenvalue weighted by Gasteiger charge is 2.24. The number of hydrogen-bond donors (Lipinski definition) is 2. The molecule has 0 radical (unpaired) electrons. The molecule has 3 rings (SSSR count). The van der Waals surface area contributed by atoms with Crippen LogP contribution in [0.15, 0.2) is 48.5 Å². The van der Waals surface area contributed by atoms with Crippen molar-refractivity contribution in [1.82, 2.24) is 0 Å². The molecule has 2 aromatic rings. The summed E-state index contributed by atoms with van der Waals surface area (Å²) in [4.78, 5) is 36.5. The summed E-state index contributed by atoms with van der Waals surface area (Å²) in [7, 11) is 0. The molecule has 8 nitrogen and oxygen atoms in total. The highest BCUT2D eigenvalue weighted by atomic mass is 16.6. The van der Waals surface area contributed by atoms with E-state index < -0.39 is 4.92 Å². The first-order valence-electron chi connectivity index (χ1n) is 8.73. The molecule has 140 valence electrons. The zero-order chi connectivity index (χ0) is 19.2. The van der Waals surface area contributed by atoms with Crippen molar-refractivity contribution < 1.29 is 14.5 Å². The second-order valence-electron chi connectivity index (χ2n) is 6.17. The molecule has 0 bridgehead atoms. The number of nitrogens with zero attached hydrogens (tertiary/aromatic N) is 2. The van der Waals surface area contributed by atoms with Crippen LogP contribution in [0.2, 0.25) is 0 Å². The lowest BCUT2D eigenvalue weighted by Crippen LogP contribution is -2.26. The number of amides is 2. The molecule has 1 heterocycles. The van der Waals surface area contributed by atoms with Crippen LogP contribution in [-0.2, 0) is 9.59 Å². The quantitative estimate of drug-likeness (QED) is 0.577. The Bertz CT molecular complexity index is 868. The largest absolute Gasteiger partial charge is 0.379 e. The lowest BCUT2D eigenvalue weighted by atomic mass is 10.2. The van der Waals surface area contributed by atoms with Gasteiger partial charge in [-0.1, -0.05) is 24.3 Å². The van der Waals surface area contributed by atoms with Gasteiger partial charge in [0.2, 0.25) is 11.8 Å². The number of anilines is 3. The highest BCUT2D eigenvalue weighted by Crippen LogP contribution is 2.29. The van der Waals surface area contributed by atoms with Gasteiger partial charge in [0.1, 0.15) is 5.69 Å². The molecular formula is C19H20N4O4. The number of carbonyl (C=O) groups is 2. The molecule has 1 fully saturated rings. The maximum Gasteiger partial charge on any atom is 0.292 e. The summed E-state index contributed by atoms with van der Waals surface area (Å²) in [5.41, 5.74) is 1.62. The van der Waals surface area contributed by atoms with E-state index in [0.29, 0.717) is 30.0 Å². The Hall–Kier alpha value is -3.42. The number of hydrogen-bond acceptors (Lipinski definition) is 5. The standard InChI is InChI=1S/C19H20N4O4/c24-18(11-12-20-14-6-1-4-9-17(14)23(26)27)21-15-7-2-3-8-16(15)22-13-5-10-19(22)25/h1-4,6-9,20H,5,10-13H2,(H,21,24). The van der Waals surface area contributed by atoms with Gasteiger partial charge in [-0.2, -0.15) is 0 Å². The van der Waals surface area contributed by atoms with E-state index in [4.69, 9.17) is 0 Å². The van der Waals surface area contributed by atoms with Crippen LogP contribution in [0.4, 0.5) is 22.7 Å².